The minimum Gasteiger partial charge on any atom is -0.330 e. The molecule has 3 rings (SSSR count). The number of hydrogen-bond acceptors (Lipinski definition) is 4. The standard InChI is InChI=1S/C17H15NO2S/c18-7-8-21-10-11-5-6-14-15(9-11)17(20)13-4-2-1-3-12(13)16(14)19/h1-6,9H,7-8,10,18H2. The van der Waals surface area contributed by atoms with E-state index in [0.717, 1.165) is 17.1 Å². The molecular formula is C17H15NO2S. The lowest BCUT2D eigenvalue weighted by atomic mass is 9.83. The average Bonchev–Trinajstić information content (AvgIpc) is 2.53. The maximum Gasteiger partial charge on any atom is 0.194 e. The highest BCUT2D eigenvalue weighted by Crippen LogP contribution is 2.28. The molecule has 106 valence electrons. The third kappa shape index (κ3) is 2.52. The SMILES string of the molecule is NCCSCc1ccc2c(c1)C(=O)c1ccccc1C2=O. The Morgan fingerprint density at radius 3 is 2.14 bits per heavy atom. The first-order chi connectivity index (χ1) is 10.2. The number of rotatable bonds is 4. The van der Waals surface area contributed by atoms with Crippen molar-refractivity contribution in [3.63, 3.8) is 0 Å². The minimum absolute atomic E-state index is 0.0640. The van der Waals surface area contributed by atoms with E-state index in [-0.39, 0.29) is 11.6 Å². The smallest absolute Gasteiger partial charge is 0.194 e. The average molecular weight is 297 g/mol. The topological polar surface area (TPSA) is 60.2 Å². The summed E-state index contributed by atoms with van der Waals surface area (Å²) in [5.41, 5.74) is 8.55. The van der Waals surface area contributed by atoms with Crippen molar-refractivity contribution in [1.82, 2.24) is 0 Å². The molecule has 0 aliphatic heterocycles. The molecular weight excluding hydrogens is 282 g/mol. The summed E-state index contributed by atoms with van der Waals surface area (Å²) in [6.07, 6.45) is 0. The molecule has 1 aliphatic rings. The summed E-state index contributed by atoms with van der Waals surface area (Å²) in [7, 11) is 0. The quantitative estimate of drug-likeness (QED) is 0.752. The highest BCUT2D eigenvalue weighted by Gasteiger charge is 2.29. The van der Waals surface area contributed by atoms with Crippen molar-refractivity contribution >= 4 is 23.3 Å². The molecule has 0 heterocycles. The van der Waals surface area contributed by atoms with Crippen LogP contribution in [-0.2, 0) is 5.75 Å². The van der Waals surface area contributed by atoms with Gasteiger partial charge in [-0.05, 0) is 17.7 Å². The van der Waals surface area contributed by atoms with Gasteiger partial charge in [-0.2, -0.15) is 11.8 Å². The Bertz CT molecular complexity index is 724. The second-order valence-electron chi connectivity index (χ2n) is 4.93. The Morgan fingerprint density at radius 2 is 1.48 bits per heavy atom. The van der Waals surface area contributed by atoms with Gasteiger partial charge in [-0.1, -0.05) is 30.3 Å². The van der Waals surface area contributed by atoms with Crippen molar-refractivity contribution in [1.29, 1.82) is 0 Å². The van der Waals surface area contributed by atoms with Gasteiger partial charge in [0.1, 0.15) is 0 Å². The first kappa shape index (κ1) is 14.0. The van der Waals surface area contributed by atoms with Gasteiger partial charge in [0.25, 0.3) is 0 Å². The van der Waals surface area contributed by atoms with Crippen molar-refractivity contribution in [2.45, 2.75) is 5.75 Å². The summed E-state index contributed by atoms with van der Waals surface area (Å²) in [4.78, 5) is 25.0. The van der Waals surface area contributed by atoms with Crippen molar-refractivity contribution in [2.75, 3.05) is 12.3 Å². The summed E-state index contributed by atoms with van der Waals surface area (Å²) < 4.78 is 0. The summed E-state index contributed by atoms with van der Waals surface area (Å²) in [6, 6.07) is 12.5. The second-order valence-corrected chi connectivity index (χ2v) is 6.03. The fraction of sp³-hybridized carbons (Fsp3) is 0.176. The lowest BCUT2D eigenvalue weighted by Crippen LogP contribution is -2.20. The molecule has 0 unspecified atom stereocenters. The van der Waals surface area contributed by atoms with Crippen LogP contribution in [0.5, 0.6) is 0 Å². The minimum atomic E-state index is -0.0682. The monoisotopic (exact) mass is 297 g/mol. The van der Waals surface area contributed by atoms with Crippen LogP contribution in [0.2, 0.25) is 0 Å². The van der Waals surface area contributed by atoms with Gasteiger partial charge in [0, 0.05) is 40.3 Å². The number of carbonyl (C=O) groups is 2. The predicted molar refractivity (Wildman–Crippen MR) is 85.0 cm³/mol. The number of benzene rings is 2. The van der Waals surface area contributed by atoms with Crippen molar-refractivity contribution < 1.29 is 9.59 Å². The van der Waals surface area contributed by atoms with Crippen LogP contribution in [0.1, 0.15) is 37.4 Å². The molecule has 0 bridgehead atoms. The molecule has 21 heavy (non-hydrogen) atoms. The van der Waals surface area contributed by atoms with Crippen molar-refractivity contribution in [3.8, 4) is 0 Å². The molecule has 3 nitrogen and oxygen atoms in total. The van der Waals surface area contributed by atoms with E-state index in [1.54, 1.807) is 42.1 Å². The van der Waals surface area contributed by atoms with Gasteiger partial charge >= 0.3 is 0 Å². The molecule has 2 N–H and O–H groups in total. The zero-order valence-electron chi connectivity index (χ0n) is 11.5. The van der Waals surface area contributed by atoms with E-state index < -0.39 is 0 Å². The van der Waals surface area contributed by atoms with Crippen LogP contribution in [0.15, 0.2) is 42.5 Å². The molecule has 2 aromatic rings. The lowest BCUT2D eigenvalue weighted by Gasteiger charge is -2.18. The molecule has 0 saturated heterocycles. The van der Waals surface area contributed by atoms with E-state index in [0.29, 0.717) is 28.8 Å². The Labute approximate surface area is 127 Å². The first-order valence-electron chi connectivity index (χ1n) is 6.81. The van der Waals surface area contributed by atoms with Gasteiger partial charge in [-0.25, -0.2) is 0 Å². The van der Waals surface area contributed by atoms with E-state index in [1.807, 2.05) is 12.1 Å². The third-order valence-electron chi connectivity index (χ3n) is 3.52. The van der Waals surface area contributed by atoms with Crippen LogP contribution in [0.25, 0.3) is 0 Å². The molecule has 1 aliphatic carbocycles. The van der Waals surface area contributed by atoms with E-state index >= 15 is 0 Å². The van der Waals surface area contributed by atoms with Crippen LogP contribution in [-0.4, -0.2) is 23.9 Å². The highest BCUT2D eigenvalue weighted by atomic mass is 32.2. The second kappa shape index (κ2) is 5.84. The van der Waals surface area contributed by atoms with Gasteiger partial charge in [-0.15, -0.1) is 0 Å². The molecule has 0 saturated carbocycles. The maximum absolute atomic E-state index is 12.6. The van der Waals surface area contributed by atoms with Gasteiger partial charge in [0.15, 0.2) is 11.6 Å². The van der Waals surface area contributed by atoms with E-state index in [9.17, 15) is 9.59 Å². The molecule has 4 heteroatoms. The summed E-state index contributed by atoms with van der Waals surface area (Å²) in [5, 5.41) is 0. The summed E-state index contributed by atoms with van der Waals surface area (Å²) in [6.45, 7) is 0.639. The van der Waals surface area contributed by atoms with E-state index in [2.05, 4.69) is 0 Å². The molecule has 0 aromatic heterocycles. The number of nitrogens with two attached hydrogens (primary N) is 1. The highest BCUT2D eigenvalue weighted by molar-refractivity contribution is 7.98. The van der Waals surface area contributed by atoms with Crippen LogP contribution in [0.4, 0.5) is 0 Å². The third-order valence-corrected chi connectivity index (χ3v) is 4.58. The number of carbonyl (C=O) groups excluding carboxylic acids is 2. The number of hydrogen-bond donors (Lipinski definition) is 1. The summed E-state index contributed by atoms with van der Waals surface area (Å²) in [5.74, 6) is 1.55. The van der Waals surface area contributed by atoms with Crippen LogP contribution >= 0.6 is 11.8 Å². The Hall–Kier alpha value is -1.91. The predicted octanol–water partition coefficient (Wildman–Crippen LogP) is 2.65. The number of thioether (sulfide) groups is 1. The number of fused-ring (bicyclic) bond motifs is 2. The van der Waals surface area contributed by atoms with Gasteiger partial charge in [0.05, 0.1) is 0 Å². The number of ketones is 2. The zero-order valence-corrected chi connectivity index (χ0v) is 12.3. The molecule has 0 fully saturated rings. The van der Waals surface area contributed by atoms with Crippen LogP contribution < -0.4 is 5.73 Å². The van der Waals surface area contributed by atoms with Crippen LogP contribution in [0.3, 0.4) is 0 Å². The van der Waals surface area contributed by atoms with Crippen LogP contribution in [0, 0.1) is 0 Å². The molecule has 0 spiro atoms. The molecule has 0 amide bonds. The largest absolute Gasteiger partial charge is 0.330 e. The summed E-state index contributed by atoms with van der Waals surface area (Å²) >= 11 is 1.72. The van der Waals surface area contributed by atoms with Crippen molar-refractivity contribution in [2.24, 2.45) is 5.73 Å². The van der Waals surface area contributed by atoms with Gasteiger partial charge in [0.2, 0.25) is 0 Å². The Kier molecular flexibility index (Phi) is 3.90. The maximum atomic E-state index is 12.6. The fourth-order valence-corrected chi connectivity index (χ4v) is 3.24. The first-order valence-corrected chi connectivity index (χ1v) is 7.97. The van der Waals surface area contributed by atoms with E-state index in [1.165, 1.54) is 0 Å². The zero-order chi connectivity index (χ0) is 14.8. The molecule has 2 aromatic carbocycles. The van der Waals surface area contributed by atoms with Gasteiger partial charge in [-0.3, -0.25) is 9.59 Å². The van der Waals surface area contributed by atoms with E-state index in [4.69, 9.17) is 5.73 Å². The normalized spacial score (nSPS) is 13.0. The Balaban J connectivity index is 1.99. The molecule has 0 radical (unpaired) electrons. The fourth-order valence-electron chi connectivity index (χ4n) is 2.51. The van der Waals surface area contributed by atoms with Crippen molar-refractivity contribution in [3.05, 3.63) is 70.3 Å². The Morgan fingerprint density at radius 1 is 0.857 bits per heavy atom. The molecule has 0 atom stereocenters. The lowest BCUT2D eigenvalue weighted by molar-refractivity contribution is 0.0979. The van der Waals surface area contributed by atoms with Gasteiger partial charge < -0.3 is 5.73 Å².